The molecule has 0 aromatic carbocycles. The number of aliphatic hydroxyl groups excluding tert-OH is 1. The van der Waals surface area contributed by atoms with Gasteiger partial charge in [-0.2, -0.15) is 11.3 Å². The minimum atomic E-state index is -0.569. The van der Waals surface area contributed by atoms with Crippen molar-refractivity contribution in [2.45, 2.75) is 25.4 Å². The number of nitrogens with one attached hydrogen (secondary N) is 1. The number of aliphatic hydroxyl groups is 1. The fourth-order valence-electron chi connectivity index (χ4n) is 1.59. The third-order valence-corrected chi connectivity index (χ3v) is 3.58. The predicted molar refractivity (Wildman–Crippen MR) is 59.6 cm³/mol. The molecule has 1 aliphatic carbocycles. The fourth-order valence-corrected chi connectivity index (χ4v) is 2.30. The van der Waals surface area contributed by atoms with Gasteiger partial charge in [0.1, 0.15) is 0 Å². The maximum atomic E-state index is 11.5. The molecule has 82 valence electrons. The first-order chi connectivity index (χ1) is 7.27. The quantitative estimate of drug-likeness (QED) is 0.819. The fraction of sp³-hybridized carbons (Fsp3) is 0.545. The summed E-state index contributed by atoms with van der Waals surface area (Å²) in [6.45, 7) is 0.325. The van der Waals surface area contributed by atoms with Crippen LogP contribution in [-0.2, 0) is 4.79 Å². The Morgan fingerprint density at radius 1 is 1.67 bits per heavy atom. The molecule has 1 fully saturated rings. The van der Waals surface area contributed by atoms with Crippen molar-refractivity contribution in [3.05, 3.63) is 22.4 Å². The van der Waals surface area contributed by atoms with Gasteiger partial charge in [-0.15, -0.1) is 0 Å². The van der Waals surface area contributed by atoms with Crippen molar-refractivity contribution in [3.63, 3.8) is 0 Å². The average molecular weight is 225 g/mol. The molecule has 0 bridgehead atoms. The number of thiophene rings is 1. The highest BCUT2D eigenvalue weighted by Gasteiger charge is 2.25. The molecule has 0 aliphatic heterocycles. The van der Waals surface area contributed by atoms with Crippen LogP contribution in [0, 0.1) is 5.92 Å². The van der Waals surface area contributed by atoms with Crippen LogP contribution >= 0.6 is 11.3 Å². The monoisotopic (exact) mass is 225 g/mol. The normalized spacial score (nSPS) is 18.2. The van der Waals surface area contributed by atoms with E-state index >= 15 is 0 Å². The molecule has 0 saturated heterocycles. The summed E-state index contributed by atoms with van der Waals surface area (Å²) in [5.74, 6) is 0.287. The molecule has 1 aliphatic rings. The Balaban J connectivity index is 1.75. The summed E-state index contributed by atoms with van der Waals surface area (Å²) in [4.78, 5) is 11.5. The van der Waals surface area contributed by atoms with E-state index in [0.717, 1.165) is 24.8 Å². The molecule has 1 atom stereocenters. The van der Waals surface area contributed by atoms with Gasteiger partial charge in [0.25, 0.3) is 0 Å². The van der Waals surface area contributed by atoms with E-state index in [4.69, 9.17) is 0 Å². The number of carbonyl (C=O) groups excluding carboxylic acids is 1. The van der Waals surface area contributed by atoms with Gasteiger partial charge in [-0.1, -0.05) is 6.42 Å². The molecule has 15 heavy (non-hydrogen) atoms. The van der Waals surface area contributed by atoms with Crippen molar-refractivity contribution < 1.29 is 9.90 Å². The van der Waals surface area contributed by atoms with Crippen LogP contribution in [0.15, 0.2) is 16.8 Å². The standard InChI is InChI=1S/C11H15NO2S/c13-10(9-4-5-15-7-9)6-12-11(14)8-2-1-3-8/h4-5,7-8,10,13H,1-3,6H2,(H,12,14). The van der Waals surface area contributed by atoms with E-state index in [1.807, 2.05) is 16.8 Å². The van der Waals surface area contributed by atoms with Gasteiger partial charge in [-0.25, -0.2) is 0 Å². The van der Waals surface area contributed by atoms with Crippen LogP contribution in [0.25, 0.3) is 0 Å². The van der Waals surface area contributed by atoms with E-state index < -0.39 is 6.10 Å². The summed E-state index contributed by atoms with van der Waals surface area (Å²) in [5, 5.41) is 16.3. The van der Waals surface area contributed by atoms with Crippen LogP contribution in [0.4, 0.5) is 0 Å². The SMILES string of the molecule is O=C(NCC(O)c1ccsc1)C1CCC1. The Morgan fingerprint density at radius 3 is 3.00 bits per heavy atom. The Morgan fingerprint density at radius 2 is 2.47 bits per heavy atom. The Bertz CT molecular complexity index is 319. The Kier molecular flexibility index (Phi) is 3.38. The molecule has 1 heterocycles. The van der Waals surface area contributed by atoms with Gasteiger partial charge in [0.05, 0.1) is 6.10 Å². The predicted octanol–water partition coefficient (Wildman–Crippen LogP) is 1.70. The molecular formula is C11H15NO2S. The highest BCUT2D eigenvalue weighted by molar-refractivity contribution is 7.07. The molecule has 2 rings (SSSR count). The first kappa shape index (κ1) is 10.6. The number of rotatable bonds is 4. The largest absolute Gasteiger partial charge is 0.387 e. The lowest BCUT2D eigenvalue weighted by atomic mass is 9.85. The second kappa shape index (κ2) is 4.77. The second-order valence-electron chi connectivity index (χ2n) is 3.95. The first-order valence-electron chi connectivity index (χ1n) is 5.25. The molecule has 1 amide bonds. The lowest BCUT2D eigenvalue weighted by Gasteiger charge is -2.24. The van der Waals surface area contributed by atoms with Gasteiger partial charge in [-0.05, 0) is 35.2 Å². The Labute approximate surface area is 93.1 Å². The third-order valence-electron chi connectivity index (χ3n) is 2.87. The van der Waals surface area contributed by atoms with E-state index in [9.17, 15) is 9.90 Å². The van der Waals surface area contributed by atoms with Gasteiger partial charge in [0.2, 0.25) is 5.91 Å². The summed E-state index contributed by atoms with van der Waals surface area (Å²) in [7, 11) is 0. The smallest absolute Gasteiger partial charge is 0.223 e. The molecule has 0 radical (unpaired) electrons. The molecule has 1 aromatic heterocycles. The van der Waals surface area contributed by atoms with Crippen LogP contribution in [0.5, 0.6) is 0 Å². The molecular weight excluding hydrogens is 210 g/mol. The third kappa shape index (κ3) is 2.58. The van der Waals surface area contributed by atoms with Crippen molar-refractivity contribution >= 4 is 17.2 Å². The molecule has 1 unspecified atom stereocenters. The van der Waals surface area contributed by atoms with Gasteiger partial charge in [-0.3, -0.25) is 4.79 Å². The van der Waals surface area contributed by atoms with E-state index in [-0.39, 0.29) is 11.8 Å². The summed E-state index contributed by atoms with van der Waals surface area (Å²) >= 11 is 1.55. The summed E-state index contributed by atoms with van der Waals surface area (Å²) in [6, 6.07) is 1.88. The van der Waals surface area contributed by atoms with Crippen molar-refractivity contribution in [2.75, 3.05) is 6.54 Å². The van der Waals surface area contributed by atoms with Crippen LogP contribution in [-0.4, -0.2) is 17.6 Å². The minimum absolute atomic E-state index is 0.0931. The molecule has 0 spiro atoms. The molecule has 1 aromatic rings. The maximum Gasteiger partial charge on any atom is 0.223 e. The second-order valence-corrected chi connectivity index (χ2v) is 4.73. The van der Waals surface area contributed by atoms with Gasteiger partial charge in [0, 0.05) is 12.5 Å². The summed E-state index contributed by atoms with van der Waals surface area (Å²) < 4.78 is 0. The van der Waals surface area contributed by atoms with Crippen LogP contribution in [0.2, 0.25) is 0 Å². The minimum Gasteiger partial charge on any atom is -0.387 e. The lowest BCUT2D eigenvalue weighted by Crippen LogP contribution is -2.36. The molecule has 1 saturated carbocycles. The number of hydrogen-bond donors (Lipinski definition) is 2. The topological polar surface area (TPSA) is 49.3 Å². The van der Waals surface area contributed by atoms with Crippen molar-refractivity contribution in [2.24, 2.45) is 5.92 Å². The summed E-state index contributed by atoms with van der Waals surface area (Å²) in [6.07, 6.45) is 2.59. The van der Waals surface area contributed by atoms with E-state index in [0.29, 0.717) is 6.54 Å². The number of hydrogen-bond acceptors (Lipinski definition) is 3. The van der Waals surface area contributed by atoms with Crippen molar-refractivity contribution in [3.8, 4) is 0 Å². The van der Waals surface area contributed by atoms with Crippen LogP contribution in [0.1, 0.15) is 30.9 Å². The van der Waals surface area contributed by atoms with E-state index in [1.54, 1.807) is 11.3 Å². The number of amides is 1. The zero-order chi connectivity index (χ0) is 10.7. The molecule has 4 heteroatoms. The van der Waals surface area contributed by atoms with Crippen LogP contribution < -0.4 is 5.32 Å². The Hall–Kier alpha value is -0.870. The van der Waals surface area contributed by atoms with Gasteiger partial charge >= 0.3 is 0 Å². The maximum absolute atomic E-state index is 11.5. The van der Waals surface area contributed by atoms with Gasteiger partial charge in [0.15, 0.2) is 0 Å². The van der Waals surface area contributed by atoms with Crippen LogP contribution in [0.3, 0.4) is 0 Å². The lowest BCUT2D eigenvalue weighted by molar-refractivity contribution is -0.127. The van der Waals surface area contributed by atoms with Crippen molar-refractivity contribution in [1.29, 1.82) is 0 Å². The van der Waals surface area contributed by atoms with Gasteiger partial charge < -0.3 is 10.4 Å². The summed E-state index contributed by atoms with van der Waals surface area (Å²) in [5.41, 5.74) is 0.883. The van der Waals surface area contributed by atoms with E-state index in [2.05, 4.69) is 5.32 Å². The average Bonchev–Trinajstić information content (AvgIpc) is 2.63. The zero-order valence-electron chi connectivity index (χ0n) is 8.48. The molecule has 3 nitrogen and oxygen atoms in total. The first-order valence-corrected chi connectivity index (χ1v) is 6.19. The van der Waals surface area contributed by atoms with Crippen molar-refractivity contribution in [1.82, 2.24) is 5.32 Å². The van der Waals surface area contributed by atoms with E-state index in [1.165, 1.54) is 0 Å². The molecule has 2 N–H and O–H groups in total. The highest BCUT2D eigenvalue weighted by atomic mass is 32.1. The number of carbonyl (C=O) groups is 1. The zero-order valence-corrected chi connectivity index (χ0v) is 9.30. The highest BCUT2D eigenvalue weighted by Crippen LogP contribution is 2.26.